The number of ether oxygens (including phenoxy) is 2. The van der Waals surface area contributed by atoms with E-state index in [2.05, 4.69) is 22.6 Å². The molecule has 0 fully saturated rings. The number of halogens is 2. The number of thiol groups is 1. The fraction of sp³-hybridized carbons (Fsp3) is 0.280. The molecule has 0 atom stereocenters. The smallest absolute Gasteiger partial charge is 0.333 e. The Kier molecular flexibility index (Phi) is 8.64. The molecule has 206 valence electrons. The van der Waals surface area contributed by atoms with Crippen LogP contribution in [0.3, 0.4) is 0 Å². The van der Waals surface area contributed by atoms with Gasteiger partial charge >= 0.3 is 11.4 Å². The molecule has 4 aromatic heterocycles. The predicted molar refractivity (Wildman–Crippen MR) is 155 cm³/mol. The fourth-order valence-electron chi connectivity index (χ4n) is 4.10. The molecule has 1 aromatic carbocycles. The van der Waals surface area contributed by atoms with Gasteiger partial charge in [0.25, 0.3) is 5.56 Å². The van der Waals surface area contributed by atoms with Crippen molar-refractivity contribution in [3.8, 4) is 21.9 Å². The molecule has 0 amide bonds. The first kappa shape index (κ1) is 28.6. The molecule has 0 aliphatic rings. The molecule has 4 heterocycles. The van der Waals surface area contributed by atoms with Crippen LogP contribution in [0.5, 0.6) is 5.75 Å². The molecule has 0 unspecified atom stereocenters. The van der Waals surface area contributed by atoms with Crippen molar-refractivity contribution in [3.63, 3.8) is 0 Å². The highest BCUT2D eigenvalue weighted by Gasteiger charge is 2.21. The van der Waals surface area contributed by atoms with Gasteiger partial charge in [0.15, 0.2) is 11.6 Å². The number of hydrogen-bond donors (Lipinski definition) is 2. The van der Waals surface area contributed by atoms with Gasteiger partial charge in [0.1, 0.15) is 11.4 Å². The molecule has 0 bridgehead atoms. The number of H-pyrrole nitrogens is 1. The summed E-state index contributed by atoms with van der Waals surface area (Å²) >= 11 is 11.4. The van der Waals surface area contributed by atoms with E-state index in [0.717, 1.165) is 22.0 Å². The molecule has 0 spiro atoms. The highest BCUT2D eigenvalue weighted by molar-refractivity contribution is 7.80. The molecular weight excluding hydrogens is 569 g/mol. The van der Waals surface area contributed by atoms with Gasteiger partial charge in [-0.3, -0.25) is 18.9 Å². The monoisotopic (exact) mass is 593 g/mol. The van der Waals surface area contributed by atoms with Gasteiger partial charge in [-0.05, 0) is 18.2 Å². The van der Waals surface area contributed by atoms with Gasteiger partial charge < -0.3 is 14.5 Å². The SMILES string of the molecule is CC.COc1cc(-c2cc3[nH]c(=O)n(-c4cncc5c4n(C)c(=O)n5COCCS)c(=O)c3s2)c(Cl)cc1F. The lowest BCUT2D eigenvalue weighted by atomic mass is 10.1. The summed E-state index contributed by atoms with van der Waals surface area (Å²) in [6, 6.07) is 4.14. The standard InChI is InChI=1S/C23H19ClFN5O5S2.C2H6/c1-28-19-15(29(23(28)33)10-35-3-4-36)8-26-9-16(19)30-21(31)20-14(27-22(30)32)7-18(37-20)11-5-17(34-2)13(25)6-12(11)24;1-2/h5-9,36H,3-4,10H2,1-2H3,(H,27,32);1-2H3. The minimum absolute atomic E-state index is 0.00992. The van der Waals surface area contributed by atoms with Crippen molar-refractivity contribution in [1.82, 2.24) is 23.7 Å². The maximum Gasteiger partial charge on any atom is 0.333 e. The molecule has 0 radical (unpaired) electrons. The first-order chi connectivity index (χ1) is 18.8. The second-order valence-corrected chi connectivity index (χ2v) is 9.85. The maximum atomic E-state index is 14.0. The molecule has 0 saturated carbocycles. The number of pyridine rings is 1. The number of rotatable bonds is 7. The number of hydrogen-bond acceptors (Lipinski definition) is 8. The van der Waals surface area contributed by atoms with Crippen molar-refractivity contribution < 1.29 is 13.9 Å². The Morgan fingerprint density at radius 2 is 1.92 bits per heavy atom. The van der Waals surface area contributed by atoms with Crippen LogP contribution in [0.25, 0.3) is 37.4 Å². The van der Waals surface area contributed by atoms with Crippen molar-refractivity contribution in [2.75, 3.05) is 19.5 Å². The number of nitrogens with zero attached hydrogens (tertiary/aromatic N) is 4. The van der Waals surface area contributed by atoms with E-state index in [9.17, 15) is 18.8 Å². The highest BCUT2D eigenvalue weighted by Crippen LogP contribution is 2.38. The number of imidazole rings is 1. The number of aryl methyl sites for hydroxylation is 1. The minimum Gasteiger partial charge on any atom is -0.494 e. The summed E-state index contributed by atoms with van der Waals surface area (Å²) in [5.74, 6) is -0.154. The molecule has 39 heavy (non-hydrogen) atoms. The second-order valence-electron chi connectivity index (χ2n) is 7.95. The van der Waals surface area contributed by atoms with Crippen molar-refractivity contribution in [2.24, 2.45) is 7.05 Å². The van der Waals surface area contributed by atoms with Crippen LogP contribution in [0.15, 0.2) is 45.0 Å². The third kappa shape index (κ3) is 5.02. The number of nitrogens with one attached hydrogen (secondary N) is 1. The van der Waals surface area contributed by atoms with Crippen LogP contribution in [0.2, 0.25) is 5.02 Å². The first-order valence-electron chi connectivity index (χ1n) is 11.8. The lowest BCUT2D eigenvalue weighted by Gasteiger charge is -2.07. The van der Waals surface area contributed by atoms with Crippen LogP contribution >= 0.6 is 35.6 Å². The zero-order chi connectivity index (χ0) is 28.4. The van der Waals surface area contributed by atoms with E-state index >= 15 is 0 Å². The van der Waals surface area contributed by atoms with E-state index in [4.69, 9.17) is 21.1 Å². The Morgan fingerprint density at radius 1 is 1.18 bits per heavy atom. The van der Waals surface area contributed by atoms with Crippen molar-refractivity contribution in [2.45, 2.75) is 20.6 Å². The Morgan fingerprint density at radius 3 is 2.62 bits per heavy atom. The maximum absolute atomic E-state index is 14.0. The Labute approximate surface area is 235 Å². The Bertz CT molecular complexity index is 1860. The number of aromatic amines is 1. The van der Waals surface area contributed by atoms with Crippen LogP contribution < -0.4 is 21.7 Å². The molecule has 0 aliphatic heterocycles. The second kappa shape index (κ2) is 11.8. The van der Waals surface area contributed by atoms with Crippen LogP contribution in [0.1, 0.15) is 13.8 Å². The lowest BCUT2D eigenvalue weighted by molar-refractivity contribution is 0.0901. The quantitative estimate of drug-likeness (QED) is 0.216. The number of thiophene rings is 1. The van der Waals surface area contributed by atoms with Crippen LogP contribution in [0, 0.1) is 5.82 Å². The van der Waals surface area contributed by atoms with E-state index in [1.165, 1.54) is 41.8 Å². The topological polar surface area (TPSA) is 113 Å². The summed E-state index contributed by atoms with van der Waals surface area (Å²) in [5.41, 5.74) is -0.125. The van der Waals surface area contributed by atoms with E-state index in [0.29, 0.717) is 33.8 Å². The van der Waals surface area contributed by atoms with Crippen LogP contribution in [-0.2, 0) is 18.5 Å². The molecular formula is C25H25ClFN5O5S2. The average Bonchev–Trinajstić information content (AvgIpc) is 3.45. The normalized spacial score (nSPS) is 11.2. The molecule has 5 rings (SSSR count). The summed E-state index contributed by atoms with van der Waals surface area (Å²) in [4.78, 5) is 47.0. The minimum atomic E-state index is -0.717. The van der Waals surface area contributed by atoms with E-state index in [-0.39, 0.29) is 33.4 Å². The zero-order valence-corrected chi connectivity index (χ0v) is 23.9. The van der Waals surface area contributed by atoms with Gasteiger partial charge in [-0.2, -0.15) is 12.6 Å². The molecule has 0 aliphatic carbocycles. The average molecular weight is 594 g/mol. The first-order valence-corrected chi connectivity index (χ1v) is 13.6. The zero-order valence-electron chi connectivity index (χ0n) is 21.4. The van der Waals surface area contributed by atoms with E-state index < -0.39 is 22.8 Å². The predicted octanol–water partition coefficient (Wildman–Crippen LogP) is 4.19. The largest absolute Gasteiger partial charge is 0.494 e. The van der Waals surface area contributed by atoms with Crippen molar-refractivity contribution >= 4 is 56.8 Å². The van der Waals surface area contributed by atoms with E-state index in [1.54, 1.807) is 6.07 Å². The summed E-state index contributed by atoms with van der Waals surface area (Å²) < 4.78 is 28.4. The highest BCUT2D eigenvalue weighted by atomic mass is 35.5. The van der Waals surface area contributed by atoms with Gasteiger partial charge in [0.05, 0.1) is 53.4 Å². The number of benzene rings is 1. The fourth-order valence-corrected chi connectivity index (χ4v) is 5.61. The van der Waals surface area contributed by atoms with Gasteiger partial charge in [0, 0.05) is 23.2 Å². The molecule has 0 saturated heterocycles. The van der Waals surface area contributed by atoms with Gasteiger partial charge in [-0.1, -0.05) is 25.4 Å². The van der Waals surface area contributed by atoms with Crippen LogP contribution in [0.4, 0.5) is 4.39 Å². The van der Waals surface area contributed by atoms with E-state index in [1.807, 2.05) is 13.8 Å². The lowest BCUT2D eigenvalue weighted by Crippen LogP contribution is -2.33. The van der Waals surface area contributed by atoms with Crippen molar-refractivity contribution in [3.05, 3.63) is 72.8 Å². The van der Waals surface area contributed by atoms with Crippen LogP contribution in [-0.4, -0.2) is 43.1 Å². The summed E-state index contributed by atoms with van der Waals surface area (Å²) in [7, 11) is 2.87. The van der Waals surface area contributed by atoms with Crippen molar-refractivity contribution in [1.29, 1.82) is 0 Å². The molecule has 5 aromatic rings. The molecule has 1 N–H and O–H groups in total. The molecule has 14 heteroatoms. The molecule has 10 nitrogen and oxygen atoms in total. The number of methoxy groups -OCH3 is 1. The Hall–Kier alpha value is -3.39. The summed E-state index contributed by atoms with van der Waals surface area (Å²) in [6.45, 7) is 4.29. The number of fused-ring (bicyclic) bond motifs is 2. The third-order valence-electron chi connectivity index (χ3n) is 5.80. The van der Waals surface area contributed by atoms with Gasteiger partial charge in [-0.25, -0.2) is 18.5 Å². The summed E-state index contributed by atoms with van der Waals surface area (Å²) in [6.07, 6.45) is 2.81. The summed E-state index contributed by atoms with van der Waals surface area (Å²) in [5, 5.41) is 0.123. The number of aromatic nitrogens is 5. The van der Waals surface area contributed by atoms with Gasteiger partial charge in [0.2, 0.25) is 0 Å². The Balaban J connectivity index is 0.00000172. The van der Waals surface area contributed by atoms with Gasteiger partial charge in [-0.15, -0.1) is 11.3 Å². The third-order valence-corrected chi connectivity index (χ3v) is 7.45.